The Balaban J connectivity index is 0.000000497. The Kier molecular flexibility index (Phi) is 47.4. The van der Waals surface area contributed by atoms with Gasteiger partial charge in [0.1, 0.15) is 28.3 Å². The van der Waals surface area contributed by atoms with Crippen LogP contribution in [0.1, 0.15) is 226 Å². The maximum atomic E-state index is 12.7. The van der Waals surface area contributed by atoms with Crippen molar-refractivity contribution in [1.29, 1.82) is 0 Å². The molecular weight excluding hydrogens is 1610 g/mol. The molecule has 4 amide bonds. The van der Waals surface area contributed by atoms with Crippen molar-refractivity contribution in [3.05, 3.63) is 160 Å². The molecule has 6 atom stereocenters. The molecule has 5 aromatic rings. The van der Waals surface area contributed by atoms with Crippen molar-refractivity contribution in [1.82, 2.24) is 25.1 Å². The summed E-state index contributed by atoms with van der Waals surface area (Å²) >= 11 is 3.15. The summed E-state index contributed by atoms with van der Waals surface area (Å²) in [6, 6.07) is 41.7. The molecule has 119 heavy (non-hydrogen) atoms. The topological polar surface area (TPSA) is 245 Å². The number of aryl methyl sites for hydroxylation is 2. The van der Waals surface area contributed by atoms with Crippen LogP contribution in [0.5, 0.6) is 17.2 Å². The molecule has 0 radical (unpaired) electrons. The zero-order chi connectivity index (χ0) is 87.6. The van der Waals surface area contributed by atoms with Crippen molar-refractivity contribution in [2.45, 2.75) is 254 Å². The van der Waals surface area contributed by atoms with Crippen LogP contribution in [0.25, 0.3) is 0 Å². The first kappa shape index (κ1) is 109. The largest absolute Gasteiger partial charge is 1.00 e. The number of hydroxylamine groups is 2. The second-order valence-corrected chi connectivity index (χ2v) is 42.6. The number of methoxy groups -OCH3 is 2. The van der Waals surface area contributed by atoms with Gasteiger partial charge in [-0.2, -0.15) is 18.2 Å². The molecule has 0 spiro atoms. The van der Waals surface area contributed by atoms with Gasteiger partial charge in [-0.25, -0.2) is 19.4 Å². The van der Waals surface area contributed by atoms with Crippen LogP contribution in [0.3, 0.4) is 0 Å². The van der Waals surface area contributed by atoms with E-state index < -0.39 is 36.3 Å². The number of rotatable bonds is 22. The van der Waals surface area contributed by atoms with Gasteiger partial charge < -0.3 is 68.2 Å². The van der Waals surface area contributed by atoms with Crippen LogP contribution in [0.2, 0.25) is 18.1 Å². The van der Waals surface area contributed by atoms with Gasteiger partial charge in [-0.15, -0.1) is 24.5 Å². The van der Waals surface area contributed by atoms with Gasteiger partial charge in [0.2, 0.25) is 8.32 Å². The van der Waals surface area contributed by atoms with Gasteiger partial charge in [0, 0.05) is 109 Å². The van der Waals surface area contributed by atoms with Crippen LogP contribution < -0.4 is 33.3 Å². The number of aliphatic hydroxyl groups is 2. The van der Waals surface area contributed by atoms with E-state index in [1.54, 1.807) is 54.2 Å². The molecule has 4 aliphatic rings. The summed E-state index contributed by atoms with van der Waals surface area (Å²) in [7, 11) is 4.78. The SMILES string of the molecule is CC(C)(C)[Si](C)(C)Oc1[c-]cccc1.COCCCC[C@@](O)(c1ccccc1C)[C@@H]1CCCN(C(=O)OC(C)(C)C)C1.COCCCC[C@@](O)(c1ccccc1OCC(C)(C)C)[C@@H]1CCCNC1.CON(C)C(=O)[C@@H]1CCCN(C(=O)OC(C)(C)C)C1.Cc1ccccc1C(=O)[C@@H]1CCCN(C(=O)OC(C)(C)C)C1.Cl.Oc1ccccc1Br.[Li+]. The van der Waals surface area contributed by atoms with Crippen LogP contribution in [-0.2, 0) is 44.5 Å². The number of piperidine rings is 4. The number of phenolic OH excluding ortho intramolecular Hbond substituents is 1. The predicted molar refractivity (Wildman–Crippen MR) is 480 cm³/mol. The second kappa shape index (κ2) is 51.8. The Bertz CT molecular complexity index is 3770. The molecule has 4 heterocycles. The standard InChI is InChI=1S/C23H37NO4.C22H37NO3.C18H25NO3.C13H24N2O4.C12H19OSi.C6H5BrO.ClH.Li/c1-18-11-6-7-13-20(18)23(26,14-8-9-16-27-5)19-12-10-15-24(17-19)21(25)28-22(2,3)4;1-21(2,3)17-26-20-12-6-5-11-19(20)22(24,13-7-8-15-25-4)18-10-9-14-23-16-18;1-13-8-5-6-10-15(13)16(20)14-9-7-11-19(12-14)17(21)22-18(2,3)4;1-13(2,3)19-12(17)15-8-6-7-10(9-15)11(16)14(4)18-5;1-12(2,3)14(4,5)13-11-9-7-6-8-10-11;7-5-3-1-2-4-6(5)8;;/h6-7,11,13,19,26H,8-10,12,14-17H2,1-5H3;5-6,11-12,18,23-24H,7-10,13-17H2,1-4H3;5-6,8,10,14H,7,9,11-12H2,1-4H3;10H,6-9H2,1-5H3;6-9H,1-5H3;1-4,8H;1H;/q;;;;-1;;;+1/t19-,23+;18-,22+;14-;10-;;;;/m1111..../s1. The van der Waals surface area contributed by atoms with Crippen molar-refractivity contribution >= 4 is 66.6 Å². The van der Waals surface area contributed by atoms with Crippen molar-refractivity contribution in [2.75, 3.05) is 101 Å². The number of ketones is 1. The van der Waals surface area contributed by atoms with E-state index in [0.717, 1.165) is 147 Å². The quantitative estimate of drug-likeness (QED) is 0.0126. The molecular formula is C94H148BrClLiN5O16Si. The normalized spacial score (nSPS) is 18.0. The Morgan fingerprint density at radius 3 is 1.47 bits per heavy atom. The number of carbonyl (C=O) groups is 5. The molecule has 0 saturated carbocycles. The first-order valence-electron chi connectivity index (χ1n) is 42.1. The zero-order valence-corrected chi connectivity index (χ0v) is 80.2. The summed E-state index contributed by atoms with van der Waals surface area (Å²) in [4.78, 5) is 71.4. The minimum Gasteiger partial charge on any atom is -0.564 e. The van der Waals surface area contributed by atoms with Gasteiger partial charge in [-0.1, -0.05) is 120 Å². The number of phenols is 1. The second-order valence-electron chi connectivity index (χ2n) is 37.0. The fraction of sp³-hybridized carbons (Fsp3) is 0.628. The molecule has 5 aromatic carbocycles. The molecule has 0 aliphatic carbocycles. The first-order valence-corrected chi connectivity index (χ1v) is 45.8. The van der Waals surface area contributed by atoms with Gasteiger partial charge in [-0.3, -0.25) is 14.4 Å². The van der Waals surface area contributed by atoms with Crippen molar-refractivity contribution in [3.8, 4) is 17.2 Å². The molecule has 9 rings (SSSR count). The number of Topliss-reactive ketones (excluding diaryl/α,β-unsaturated/α-hetero) is 1. The summed E-state index contributed by atoms with van der Waals surface area (Å²) < 4.78 is 39.6. The number of ether oxygens (including phenoxy) is 6. The number of halogens is 2. The van der Waals surface area contributed by atoms with Crippen molar-refractivity contribution in [2.24, 2.45) is 29.1 Å². The van der Waals surface area contributed by atoms with E-state index in [4.69, 9.17) is 42.8 Å². The van der Waals surface area contributed by atoms with E-state index in [0.29, 0.717) is 58.9 Å². The fourth-order valence-electron chi connectivity index (χ4n) is 13.9. The monoisotopic (exact) mass is 1750 g/mol. The van der Waals surface area contributed by atoms with Crippen molar-refractivity contribution in [3.63, 3.8) is 0 Å². The average molecular weight is 1750 g/mol. The third-order valence-corrected chi connectivity index (χ3v) is 26.2. The number of unbranched alkanes of at least 4 members (excludes halogenated alkanes) is 2. The van der Waals surface area contributed by atoms with E-state index in [9.17, 15) is 34.2 Å². The Labute approximate surface area is 742 Å². The number of carbonyl (C=O) groups excluding carboxylic acids is 5. The van der Waals surface area contributed by atoms with Gasteiger partial charge in [0.25, 0.3) is 5.91 Å². The van der Waals surface area contributed by atoms with E-state index in [-0.39, 0.29) is 101 Å². The Hall–Kier alpha value is -6.21. The molecule has 664 valence electrons. The zero-order valence-electron chi connectivity index (χ0n) is 76.8. The number of likely N-dealkylation sites (tertiary alicyclic amines) is 3. The van der Waals surface area contributed by atoms with E-state index in [1.807, 2.05) is 179 Å². The molecule has 21 nitrogen and oxygen atoms in total. The number of para-hydroxylation sites is 3. The molecule has 4 fully saturated rings. The summed E-state index contributed by atoms with van der Waals surface area (Å²) in [5.41, 5.74) is 1.47. The van der Waals surface area contributed by atoms with Gasteiger partial charge >= 0.3 is 37.1 Å². The molecule has 0 bridgehead atoms. The average Bonchev–Trinajstić information content (AvgIpc) is 0.782. The van der Waals surface area contributed by atoms with Gasteiger partial charge in [0.05, 0.1) is 35.3 Å². The summed E-state index contributed by atoms with van der Waals surface area (Å²) in [5, 5.41) is 37.5. The minimum atomic E-state index is -1.68. The summed E-state index contributed by atoms with van der Waals surface area (Å²) in [6.07, 6.45) is 11.3. The smallest absolute Gasteiger partial charge is 0.564 e. The van der Waals surface area contributed by atoms with Crippen LogP contribution in [0.15, 0.2) is 126 Å². The third kappa shape index (κ3) is 38.6. The molecule has 4 N–H and O–H groups in total. The van der Waals surface area contributed by atoms with Gasteiger partial charge in [0.15, 0.2) is 5.78 Å². The number of nitrogens with zero attached hydrogens (tertiary/aromatic N) is 4. The number of nitrogens with one attached hydrogen (secondary N) is 1. The minimum absolute atomic E-state index is 0. The van der Waals surface area contributed by atoms with E-state index in [2.05, 4.69) is 81.9 Å². The summed E-state index contributed by atoms with van der Waals surface area (Å²) in [6.45, 7) is 45.7. The number of hydrogen-bond donors (Lipinski definition) is 4. The molecule has 25 heteroatoms. The number of aromatic hydroxyl groups is 1. The Morgan fingerprint density at radius 2 is 1.02 bits per heavy atom. The maximum absolute atomic E-state index is 12.7. The Morgan fingerprint density at radius 1 is 0.563 bits per heavy atom. The van der Waals surface area contributed by atoms with Gasteiger partial charge in [-0.05, 0) is 253 Å². The molecule has 0 aromatic heterocycles. The van der Waals surface area contributed by atoms with E-state index >= 15 is 0 Å². The number of amides is 4. The van der Waals surface area contributed by atoms with Crippen molar-refractivity contribution < 1.29 is 95.8 Å². The maximum Gasteiger partial charge on any atom is 1.00 e. The predicted octanol–water partition coefficient (Wildman–Crippen LogP) is 17.7. The molecule has 0 unspecified atom stereocenters. The van der Waals surface area contributed by atoms with Crippen LogP contribution in [0.4, 0.5) is 14.4 Å². The number of benzene rings is 5. The number of hydrogen-bond acceptors (Lipinski definition) is 17. The summed E-state index contributed by atoms with van der Waals surface area (Å²) in [5.74, 6) is 1.85. The molecule has 4 saturated heterocycles. The third-order valence-electron chi connectivity index (χ3n) is 21.2. The van der Waals surface area contributed by atoms with Crippen LogP contribution >= 0.6 is 28.3 Å². The van der Waals surface area contributed by atoms with E-state index in [1.165, 1.54) is 12.2 Å². The fourth-order valence-corrected chi connectivity index (χ4v) is 15.2. The van der Waals surface area contributed by atoms with Crippen LogP contribution in [0, 0.1) is 49.0 Å². The first-order chi connectivity index (χ1) is 54.7. The molecule has 4 aliphatic heterocycles. The van der Waals surface area contributed by atoms with Crippen LogP contribution in [-0.4, -0.2) is 191 Å².